The predicted octanol–water partition coefficient (Wildman–Crippen LogP) is 11.8. The summed E-state index contributed by atoms with van der Waals surface area (Å²) < 4.78 is 45.4. The summed E-state index contributed by atoms with van der Waals surface area (Å²) in [6.07, 6.45) is 2.13. The number of hydrogen-bond donors (Lipinski definition) is 1. The number of allylic oxidation sites excluding steroid dienone is 2. The average Bonchev–Trinajstić information content (AvgIpc) is 3.39. The van der Waals surface area contributed by atoms with E-state index < -0.39 is 11.7 Å². The molecule has 0 amide bonds. The molecule has 1 radical (unpaired) electrons. The number of nitrogens with zero attached hydrogens (tertiary/aromatic N) is 1. The van der Waals surface area contributed by atoms with Crippen molar-refractivity contribution >= 4 is 38.5 Å². The summed E-state index contributed by atoms with van der Waals surface area (Å²) in [6.45, 7) is 14.5. The Bertz CT molecular complexity index is 1860. The molecule has 0 unspecified atom stereocenters. The van der Waals surface area contributed by atoms with E-state index in [0.29, 0.717) is 16.7 Å². The third kappa shape index (κ3) is 8.52. The molecular formula is C39H43F3IrNO3-. The maximum absolute atomic E-state index is 13.2. The first-order valence-electron chi connectivity index (χ1n) is 16.0. The minimum atomic E-state index is -4.43. The van der Waals surface area contributed by atoms with Gasteiger partial charge in [0.2, 0.25) is 0 Å². The van der Waals surface area contributed by atoms with Gasteiger partial charge in [-0.25, -0.2) is 0 Å². The monoisotopic (exact) mass is 823 g/mol. The zero-order chi connectivity index (χ0) is 33.8. The van der Waals surface area contributed by atoms with E-state index in [1.807, 2.05) is 45.9 Å². The third-order valence-corrected chi connectivity index (χ3v) is 8.64. The number of benzene rings is 3. The molecule has 0 aliphatic carbocycles. The molecule has 5 aromatic rings. The van der Waals surface area contributed by atoms with E-state index in [1.54, 1.807) is 12.3 Å². The first kappa shape index (κ1) is 38.0. The minimum absolute atomic E-state index is 0. The quantitative estimate of drug-likeness (QED) is 0.0962. The summed E-state index contributed by atoms with van der Waals surface area (Å²) in [5.41, 5.74) is 2.27. The van der Waals surface area contributed by atoms with E-state index in [9.17, 15) is 23.1 Å². The van der Waals surface area contributed by atoms with Crippen LogP contribution >= 0.6 is 0 Å². The summed E-state index contributed by atoms with van der Waals surface area (Å²) in [4.78, 5) is 16.2. The Kier molecular flexibility index (Phi) is 12.6. The summed E-state index contributed by atoms with van der Waals surface area (Å²) in [6, 6.07) is 18.9. The molecule has 0 aliphatic rings. The van der Waals surface area contributed by atoms with E-state index in [2.05, 4.69) is 44.0 Å². The number of ketones is 1. The second kappa shape index (κ2) is 15.6. The van der Waals surface area contributed by atoms with Crippen LogP contribution in [0.1, 0.15) is 85.3 Å². The number of alkyl halides is 3. The molecule has 0 fully saturated rings. The molecule has 8 heteroatoms. The van der Waals surface area contributed by atoms with E-state index in [4.69, 9.17) is 4.42 Å². The van der Waals surface area contributed by atoms with Crippen molar-refractivity contribution in [3.05, 3.63) is 89.8 Å². The van der Waals surface area contributed by atoms with Crippen LogP contribution in [-0.4, -0.2) is 15.9 Å². The molecule has 0 atom stereocenters. The summed E-state index contributed by atoms with van der Waals surface area (Å²) >= 11 is 0. The van der Waals surface area contributed by atoms with Gasteiger partial charge in [0, 0.05) is 60.7 Å². The Balaban J connectivity index is 0.000000322. The molecule has 5 rings (SSSR count). The molecule has 47 heavy (non-hydrogen) atoms. The number of halogens is 3. The van der Waals surface area contributed by atoms with Gasteiger partial charge in [0.15, 0.2) is 5.78 Å². The maximum Gasteiger partial charge on any atom is 0.416 e. The third-order valence-electron chi connectivity index (χ3n) is 8.64. The van der Waals surface area contributed by atoms with Gasteiger partial charge in [-0.05, 0) is 55.4 Å². The van der Waals surface area contributed by atoms with Gasteiger partial charge in [0.05, 0.1) is 11.3 Å². The zero-order valence-electron chi connectivity index (χ0n) is 28.0. The molecule has 0 saturated heterocycles. The van der Waals surface area contributed by atoms with Crippen LogP contribution in [0.5, 0.6) is 0 Å². The molecule has 2 heterocycles. The van der Waals surface area contributed by atoms with E-state index in [-0.39, 0.29) is 54.5 Å². The van der Waals surface area contributed by atoms with Gasteiger partial charge in [0.1, 0.15) is 11.2 Å². The second-order valence-electron chi connectivity index (χ2n) is 12.7. The first-order chi connectivity index (χ1) is 21.7. The van der Waals surface area contributed by atoms with E-state index >= 15 is 0 Å². The molecule has 4 nitrogen and oxygen atoms in total. The van der Waals surface area contributed by atoms with Crippen molar-refractivity contribution in [3.8, 4) is 11.3 Å². The number of furan rings is 1. The number of rotatable bonds is 8. The molecule has 1 N–H and O–H groups in total. The van der Waals surface area contributed by atoms with Crippen LogP contribution in [0.15, 0.2) is 77.0 Å². The van der Waals surface area contributed by atoms with Crippen LogP contribution in [-0.2, 0) is 36.5 Å². The Morgan fingerprint density at radius 2 is 1.53 bits per heavy atom. The van der Waals surface area contributed by atoms with Crippen molar-refractivity contribution in [2.24, 2.45) is 11.8 Å². The number of aliphatic hydroxyl groups excluding tert-OH is 1. The largest absolute Gasteiger partial charge is 0.512 e. The number of carbonyl (C=O) groups excluding carboxylic acids is 1. The van der Waals surface area contributed by atoms with Crippen LogP contribution in [0, 0.1) is 17.9 Å². The van der Waals surface area contributed by atoms with Crippen molar-refractivity contribution in [1.82, 2.24) is 4.98 Å². The molecule has 0 bridgehead atoms. The second-order valence-corrected chi connectivity index (χ2v) is 12.7. The number of carbonyl (C=O) groups is 1. The van der Waals surface area contributed by atoms with Gasteiger partial charge < -0.3 is 9.52 Å². The number of fused-ring (bicyclic) bond motifs is 4. The zero-order valence-corrected chi connectivity index (χ0v) is 30.4. The van der Waals surface area contributed by atoms with Crippen LogP contribution in [0.2, 0.25) is 0 Å². The topological polar surface area (TPSA) is 63.3 Å². The molecule has 0 spiro atoms. The summed E-state index contributed by atoms with van der Waals surface area (Å²) in [5.74, 6) is 0.547. The average molecular weight is 823 g/mol. The van der Waals surface area contributed by atoms with Crippen LogP contribution in [0.25, 0.3) is 44.0 Å². The number of pyridine rings is 1. The van der Waals surface area contributed by atoms with Crippen molar-refractivity contribution in [1.29, 1.82) is 0 Å². The van der Waals surface area contributed by atoms with Crippen LogP contribution in [0.3, 0.4) is 0 Å². The number of hydrogen-bond acceptors (Lipinski definition) is 4. The summed E-state index contributed by atoms with van der Waals surface area (Å²) in [5, 5.41) is 13.2. The van der Waals surface area contributed by atoms with Gasteiger partial charge >= 0.3 is 6.18 Å². The molecule has 2 aromatic heterocycles. The van der Waals surface area contributed by atoms with Crippen molar-refractivity contribution in [2.45, 2.75) is 85.7 Å². The fourth-order valence-electron chi connectivity index (χ4n) is 5.83. The first-order valence-corrected chi connectivity index (χ1v) is 16.0. The van der Waals surface area contributed by atoms with E-state index in [1.165, 1.54) is 12.1 Å². The molecule has 3 aromatic carbocycles. The van der Waals surface area contributed by atoms with Crippen molar-refractivity contribution in [2.75, 3.05) is 0 Å². The number of aliphatic hydroxyl groups is 1. The van der Waals surface area contributed by atoms with Gasteiger partial charge in [-0.1, -0.05) is 77.6 Å². The Hall–Kier alpha value is -3.48. The van der Waals surface area contributed by atoms with E-state index in [0.717, 1.165) is 65.1 Å². The smallest absolute Gasteiger partial charge is 0.416 e. The minimum Gasteiger partial charge on any atom is -0.512 e. The van der Waals surface area contributed by atoms with Gasteiger partial charge in [-0.15, -0.1) is 29.1 Å². The van der Waals surface area contributed by atoms with Gasteiger partial charge in [-0.3, -0.25) is 9.78 Å². The standard InChI is InChI=1S/C26H19F3NO.C13H24O2.Ir/c1-25(2,3)21-13-16(12-15-6-4-5-7-18(15)21)23-24-20(10-11-30-23)19-9-8-17(26(27,28)29)14-22(19)31-24;1-5-10(6-2)12(14)9-13(15)11(7-3)8-4;/h4-11,13-14H,1-3H3;9-11,14H,5-8H2,1-4H3;/q-1;;/b;12-9-;. The Morgan fingerprint density at radius 3 is 2.13 bits per heavy atom. The van der Waals surface area contributed by atoms with Crippen molar-refractivity contribution in [3.63, 3.8) is 0 Å². The molecular weight excluding hydrogens is 780 g/mol. The van der Waals surface area contributed by atoms with Crippen LogP contribution in [0.4, 0.5) is 13.2 Å². The summed E-state index contributed by atoms with van der Waals surface area (Å²) in [7, 11) is 0. The van der Waals surface area contributed by atoms with Gasteiger partial charge in [-0.2, -0.15) is 13.2 Å². The normalized spacial score (nSPS) is 12.5. The molecule has 0 saturated carbocycles. The van der Waals surface area contributed by atoms with Crippen LogP contribution < -0.4 is 0 Å². The predicted molar refractivity (Wildman–Crippen MR) is 181 cm³/mol. The Labute approximate surface area is 288 Å². The SMILES string of the molecule is CC(C)(C)c1cc(-c2nccc3c2oc2cc(C(F)(F)F)ccc23)[c-]c2ccccc12.CCC(CC)C(=O)/C=C(\O)C(CC)CC.[Ir]. The fourth-order valence-corrected chi connectivity index (χ4v) is 5.83. The van der Waals surface area contributed by atoms with Gasteiger partial charge in [0.25, 0.3) is 0 Å². The Morgan fingerprint density at radius 1 is 0.894 bits per heavy atom. The fraction of sp³-hybridized carbons (Fsp3) is 0.385. The number of aromatic nitrogens is 1. The molecule has 253 valence electrons. The van der Waals surface area contributed by atoms with Crippen molar-refractivity contribution < 1.29 is 47.6 Å². The molecule has 0 aliphatic heterocycles. The maximum atomic E-state index is 13.2.